The van der Waals surface area contributed by atoms with Crippen molar-refractivity contribution in [1.29, 1.82) is 0 Å². The maximum absolute atomic E-state index is 4.36. The first-order valence-electron chi connectivity index (χ1n) is 8.48. The highest BCUT2D eigenvalue weighted by Crippen LogP contribution is 2.38. The van der Waals surface area contributed by atoms with Crippen LogP contribution in [0.15, 0.2) is 18.3 Å². The van der Waals surface area contributed by atoms with Crippen LogP contribution in [0.5, 0.6) is 0 Å². The zero-order valence-electron chi connectivity index (χ0n) is 14.6. The van der Waals surface area contributed by atoms with Crippen LogP contribution in [0, 0.1) is 24.7 Å². The van der Waals surface area contributed by atoms with Gasteiger partial charge in [-0.3, -0.25) is 4.68 Å². The molecule has 0 aromatic carbocycles. The van der Waals surface area contributed by atoms with E-state index in [2.05, 4.69) is 25.9 Å². The van der Waals surface area contributed by atoms with E-state index in [1.54, 1.807) is 0 Å². The molecule has 2 aromatic rings. The van der Waals surface area contributed by atoms with Crippen molar-refractivity contribution < 1.29 is 0 Å². The molecular formula is C17H26Cl2N6. The van der Waals surface area contributed by atoms with Crippen molar-refractivity contribution >= 4 is 30.6 Å². The minimum atomic E-state index is 0. The number of nitrogens with one attached hydrogen (secondary N) is 2. The molecule has 4 rings (SSSR count). The number of rotatable bonds is 4. The summed E-state index contributed by atoms with van der Waals surface area (Å²) >= 11 is 0. The molecule has 0 spiro atoms. The highest BCUT2D eigenvalue weighted by molar-refractivity contribution is 5.85. The third-order valence-corrected chi connectivity index (χ3v) is 5.35. The lowest BCUT2D eigenvalue weighted by Crippen LogP contribution is -2.17. The lowest BCUT2D eigenvalue weighted by atomic mass is 10.0. The molecule has 1 saturated heterocycles. The monoisotopic (exact) mass is 384 g/mol. The molecule has 1 aliphatic heterocycles. The smallest absolute Gasteiger partial charge is 0.148 e. The molecule has 138 valence electrons. The molecule has 1 aliphatic carbocycles. The van der Waals surface area contributed by atoms with Gasteiger partial charge in [0, 0.05) is 13.6 Å². The van der Waals surface area contributed by atoms with E-state index < -0.39 is 0 Å². The SMILES string of the molecule is Cc1cnn(C)c1-c1ccc(NCC2C[C@H]3CNC[C@H]3C2)nn1.Cl.Cl. The second-order valence-electron chi connectivity index (χ2n) is 7.00. The number of aryl methyl sites for hydroxylation is 2. The van der Waals surface area contributed by atoms with Crippen LogP contribution in [0.25, 0.3) is 11.4 Å². The maximum atomic E-state index is 4.36. The zero-order chi connectivity index (χ0) is 15.8. The van der Waals surface area contributed by atoms with Crippen LogP contribution in [0.3, 0.4) is 0 Å². The van der Waals surface area contributed by atoms with Gasteiger partial charge in [0.05, 0.1) is 11.9 Å². The predicted octanol–water partition coefficient (Wildman–Crippen LogP) is 2.69. The van der Waals surface area contributed by atoms with E-state index in [0.29, 0.717) is 0 Å². The molecule has 0 radical (unpaired) electrons. The van der Waals surface area contributed by atoms with Crippen LogP contribution in [-0.2, 0) is 7.05 Å². The first-order valence-corrected chi connectivity index (χ1v) is 8.48. The van der Waals surface area contributed by atoms with Crippen molar-refractivity contribution in [2.45, 2.75) is 19.8 Å². The fraction of sp³-hybridized carbons (Fsp3) is 0.588. The molecular weight excluding hydrogens is 359 g/mol. The van der Waals surface area contributed by atoms with Gasteiger partial charge < -0.3 is 10.6 Å². The number of fused-ring (bicyclic) bond motifs is 1. The Hall–Kier alpha value is -1.37. The van der Waals surface area contributed by atoms with Crippen LogP contribution >= 0.6 is 24.8 Å². The van der Waals surface area contributed by atoms with Gasteiger partial charge in [-0.1, -0.05) is 0 Å². The van der Waals surface area contributed by atoms with Crippen molar-refractivity contribution in [2.75, 3.05) is 25.0 Å². The highest BCUT2D eigenvalue weighted by Gasteiger charge is 2.36. The third kappa shape index (κ3) is 4.07. The van der Waals surface area contributed by atoms with E-state index >= 15 is 0 Å². The summed E-state index contributed by atoms with van der Waals surface area (Å²) in [4.78, 5) is 0. The standard InChI is InChI=1S/C17H24N6.2ClH/c1-11-7-20-23(2)17(11)15-3-4-16(22-21-15)19-8-12-5-13-9-18-10-14(13)6-12;;/h3-4,7,12-14,18H,5-6,8-10H2,1-2H3,(H,19,22);2*1H/t12?,13-,14+;;. The Labute approximate surface area is 161 Å². The molecule has 0 amide bonds. The fourth-order valence-corrected chi connectivity index (χ4v) is 4.18. The van der Waals surface area contributed by atoms with E-state index in [9.17, 15) is 0 Å². The lowest BCUT2D eigenvalue weighted by molar-refractivity contribution is 0.494. The second-order valence-corrected chi connectivity index (χ2v) is 7.00. The Morgan fingerprint density at radius 1 is 1.16 bits per heavy atom. The van der Waals surface area contributed by atoms with Gasteiger partial charge in [-0.15, -0.1) is 35.0 Å². The summed E-state index contributed by atoms with van der Waals surface area (Å²) < 4.78 is 1.85. The Morgan fingerprint density at radius 2 is 1.88 bits per heavy atom. The van der Waals surface area contributed by atoms with Gasteiger partial charge in [-0.2, -0.15) is 5.10 Å². The Bertz CT molecular complexity index is 655. The average molecular weight is 385 g/mol. The van der Waals surface area contributed by atoms with Crippen molar-refractivity contribution in [3.05, 3.63) is 23.9 Å². The molecule has 2 fully saturated rings. The fourth-order valence-electron chi connectivity index (χ4n) is 4.18. The Morgan fingerprint density at radius 3 is 2.44 bits per heavy atom. The molecule has 3 atom stereocenters. The van der Waals surface area contributed by atoms with Gasteiger partial charge in [0.15, 0.2) is 0 Å². The van der Waals surface area contributed by atoms with Crippen molar-refractivity contribution in [3.8, 4) is 11.4 Å². The van der Waals surface area contributed by atoms with Gasteiger partial charge in [-0.05, 0) is 68.3 Å². The summed E-state index contributed by atoms with van der Waals surface area (Å²) in [7, 11) is 1.93. The summed E-state index contributed by atoms with van der Waals surface area (Å²) in [6, 6.07) is 4.04. The van der Waals surface area contributed by atoms with Gasteiger partial charge in [0.2, 0.25) is 0 Å². The largest absolute Gasteiger partial charge is 0.368 e. The summed E-state index contributed by atoms with van der Waals surface area (Å²) in [6.07, 6.45) is 4.53. The van der Waals surface area contributed by atoms with Crippen LogP contribution in [-0.4, -0.2) is 39.6 Å². The van der Waals surface area contributed by atoms with E-state index in [0.717, 1.165) is 47.1 Å². The van der Waals surface area contributed by atoms with Gasteiger partial charge >= 0.3 is 0 Å². The summed E-state index contributed by atoms with van der Waals surface area (Å²) in [5.74, 6) is 3.42. The van der Waals surface area contributed by atoms with Gasteiger partial charge in [0.1, 0.15) is 11.5 Å². The quantitative estimate of drug-likeness (QED) is 0.847. The normalized spacial score (nSPS) is 24.3. The van der Waals surface area contributed by atoms with E-state index in [4.69, 9.17) is 0 Å². The summed E-state index contributed by atoms with van der Waals surface area (Å²) in [5, 5.41) is 19.9. The van der Waals surface area contributed by atoms with E-state index in [1.807, 2.05) is 37.0 Å². The molecule has 8 heteroatoms. The van der Waals surface area contributed by atoms with Gasteiger partial charge in [-0.25, -0.2) is 0 Å². The van der Waals surface area contributed by atoms with E-state index in [1.165, 1.54) is 25.9 Å². The van der Waals surface area contributed by atoms with Crippen LogP contribution in [0.4, 0.5) is 5.82 Å². The number of hydrogen-bond acceptors (Lipinski definition) is 5. The van der Waals surface area contributed by atoms with Crippen LogP contribution in [0.2, 0.25) is 0 Å². The first kappa shape index (κ1) is 19.9. The zero-order valence-corrected chi connectivity index (χ0v) is 16.2. The Kier molecular flexibility index (Phi) is 6.65. The lowest BCUT2D eigenvalue weighted by Gasteiger charge is -2.13. The van der Waals surface area contributed by atoms with Gasteiger partial charge in [0.25, 0.3) is 0 Å². The molecule has 3 heterocycles. The van der Waals surface area contributed by atoms with Crippen LogP contribution < -0.4 is 10.6 Å². The molecule has 2 aliphatic rings. The molecule has 6 nitrogen and oxygen atoms in total. The average Bonchev–Trinajstić information content (AvgIpc) is 3.21. The van der Waals surface area contributed by atoms with Crippen molar-refractivity contribution in [3.63, 3.8) is 0 Å². The van der Waals surface area contributed by atoms with Crippen molar-refractivity contribution in [2.24, 2.45) is 24.8 Å². The number of nitrogens with zero attached hydrogens (tertiary/aromatic N) is 4. The molecule has 1 unspecified atom stereocenters. The molecule has 2 N–H and O–H groups in total. The second kappa shape index (κ2) is 8.34. The molecule has 25 heavy (non-hydrogen) atoms. The predicted molar refractivity (Wildman–Crippen MR) is 105 cm³/mol. The topological polar surface area (TPSA) is 67.7 Å². The van der Waals surface area contributed by atoms with E-state index in [-0.39, 0.29) is 24.8 Å². The number of aromatic nitrogens is 4. The molecule has 0 bridgehead atoms. The molecule has 1 saturated carbocycles. The minimum absolute atomic E-state index is 0. The number of hydrogen-bond donors (Lipinski definition) is 2. The maximum Gasteiger partial charge on any atom is 0.148 e. The highest BCUT2D eigenvalue weighted by atomic mass is 35.5. The number of anilines is 1. The summed E-state index contributed by atoms with van der Waals surface area (Å²) in [5.41, 5.74) is 3.02. The first-order chi connectivity index (χ1) is 11.2. The number of halogens is 2. The summed E-state index contributed by atoms with van der Waals surface area (Å²) in [6.45, 7) is 5.47. The van der Waals surface area contributed by atoms with Crippen LogP contribution in [0.1, 0.15) is 18.4 Å². The molecule has 2 aromatic heterocycles. The Balaban J connectivity index is 0.00000113. The minimum Gasteiger partial charge on any atom is -0.368 e. The third-order valence-electron chi connectivity index (χ3n) is 5.35. The van der Waals surface area contributed by atoms with Crippen molar-refractivity contribution in [1.82, 2.24) is 25.3 Å².